The maximum Gasteiger partial charge on any atom is 0.229 e. The van der Waals surface area contributed by atoms with Gasteiger partial charge in [-0.3, -0.25) is 0 Å². The summed E-state index contributed by atoms with van der Waals surface area (Å²) in [6.45, 7) is 1.77. The fourth-order valence-corrected chi connectivity index (χ4v) is 3.22. The normalized spacial score (nSPS) is 13.4. The van der Waals surface area contributed by atoms with Crippen molar-refractivity contribution < 1.29 is 9.32 Å². The molecule has 0 spiro atoms. The number of benzene rings is 2. The third-order valence-electron chi connectivity index (χ3n) is 4.10. The van der Waals surface area contributed by atoms with Crippen LogP contribution >= 0.6 is 0 Å². The molecule has 30 heavy (non-hydrogen) atoms. The zero-order valence-electron chi connectivity index (χ0n) is 16.7. The second-order valence-electron chi connectivity index (χ2n) is 6.80. The number of hydrogen-bond donors (Lipinski definition) is 4. The van der Waals surface area contributed by atoms with Crippen LogP contribution in [0, 0.1) is 16.6 Å². The largest absolute Gasteiger partial charge is 0.394 e. The number of rotatable bonds is 6. The Kier molecular flexibility index (Phi) is 6.67. The minimum atomic E-state index is -2.82. The minimum Gasteiger partial charge on any atom is -0.394 e. The van der Waals surface area contributed by atoms with Gasteiger partial charge in [0.2, 0.25) is 5.95 Å². The van der Waals surface area contributed by atoms with Gasteiger partial charge >= 0.3 is 0 Å². The molecule has 1 heterocycles. The molecule has 4 N–H and O–H groups in total. The summed E-state index contributed by atoms with van der Waals surface area (Å²) in [7, 11) is -2.82. The molecule has 0 saturated heterocycles. The van der Waals surface area contributed by atoms with Crippen LogP contribution in [0.4, 0.5) is 17.5 Å². The molecule has 2 atom stereocenters. The van der Waals surface area contributed by atoms with Crippen molar-refractivity contribution >= 4 is 27.2 Å². The number of aliphatic hydroxyl groups is 1. The zero-order valence-corrected chi connectivity index (χ0v) is 17.5. The second kappa shape index (κ2) is 9.39. The fourth-order valence-electron chi connectivity index (χ4n) is 2.53. The van der Waals surface area contributed by atoms with Crippen LogP contribution < -0.4 is 10.6 Å². The smallest absolute Gasteiger partial charge is 0.229 e. The van der Waals surface area contributed by atoms with E-state index in [1.165, 1.54) is 6.26 Å². The van der Waals surface area contributed by atoms with Crippen molar-refractivity contribution in [2.75, 3.05) is 23.5 Å². The van der Waals surface area contributed by atoms with Crippen LogP contribution in [0.2, 0.25) is 0 Å². The molecule has 0 amide bonds. The standard InChI is InChI=1S/C22H23N5O2S/c1-16(15-28)25-21-18(12-11-17-7-4-3-5-8-17)14-24-22(27-21)26-19-9-6-10-20(13-19)30(2,23)29/h3-10,13-14,16,23,28H,15H2,1-2H3,(H2,24,25,26,27)/t16-,30?/m1/s1. The molecule has 0 fully saturated rings. The van der Waals surface area contributed by atoms with Crippen LogP contribution in [0.1, 0.15) is 18.1 Å². The highest BCUT2D eigenvalue weighted by atomic mass is 32.2. The Morgan fingerprint density at radius 3 is 2.63 bits per heavy atom. The molecule has 1 aromatic heterocycles. The van der Waals surface area contributed by atoms with Gasteiger partial charge in [-0.2, -0.15) is 4.98 Å². The van der Waals surface area contributed by atoms with Gasteiger partial charge in [-0.25, -0.2) is 14.0 Å². The Morgan fingerprint density at radius 2 is 1.93 bits per heavy atom. The Balaban J connectivity index is 1.92. The molecule has 0 radical (unpaired) electrons. The van der Waals surface area contributed by atoms with Crippen LogP contribution in [-0.4, -0.2) is 38.2 Å². The molecule has 0 bridgehead atoms. The number of aromatic nitrogens is 2. The molecule has 3 rings (SSSR count). The van der Waals surface area contributed by atoms with Crippen LogP contribution in [0.25, 0.3) is 0 Å². The molecule has 1 unspecified atom stereocenters. The van der Waals surface area contributed by atoms with E-state index >= 15 is 0 Å². The number of aliphatic hydroxyl groups excluding tert-OH is 1. The van der Waals surface area contributed by atoms with Gasteiger partial charge in [0.05, 0.1) is 28.1 Å². The molecule has 8 heteroatoms. The molecule has 7 nitrogen and oxygen atoms in total. The lowest BCUT2D eigenvalue weighted by molar-refractivity contribution is 0.281. The topological polar surface area (TPSA) is 111 Å². The van der Waals surface area contributed by atoms with Crippen molar-refractivity contribution in [1.82, 2.24) is 9.97 Å². The molecular weight excluding hydrogens is 398 g/mol. The minimum absolute atomic E-state index is 0.0608. The first-order chi connectivity index (χ1) is 14.3. The average Bonchev–Trinajstić information content (AvgIpc) is 2.73. The van der Waals surface area contributed by atoms with E-state index in [0.29, 0.717) is 27.9 Å². The number of nitrogens with zero attached hydrogens (tertiary/aromatic N) is 2. The third kappa shape index (κ3) is 5.80. The zero-order chi connectivity index (χ0) is 21.6. The van der Waals surface area contributed by atoms with Crippen molar-refractivity contribution in [2.45, 2.75) is 17.9 Å². The molecule has 3 aromatic rings. The monoisotopic (exact) mass is 421 g/mol. The second-order valence-corrected chi connectivity index (χ2v) is 8.96. The highest BCUT2D eigenvalue weighted by Gasteiger charge is 2.10. The van der Waals surface area contributed by atoms with E-state index in [4.69, 9.17) is 4.78 Å². The predicted octanol–water partition coefficient (Wildman–Crippen LogP) is 3.45. The highest BCUT2D eigenvalue weighted by molar-refractivity contribution is 7.91. The lowest BCUT2D eigenvalue weighted by Crippen LogP contribution is -2.21. The van der Waals surface area contributed by atoms with E-state index in [-0.39, 0.29) is 12.6 Å². The first-order valence-corrected chi connectivity index (χ1v) is 11.2. The Labute approximate surface area is 176 Å². The van der Waals surface area contributed by atoms with E-state index in [1.807, 2.05) is 37.3 Å². The van der Waals surface area contributed by atoms with Crippen LogP contribution in [-0.2, 0) is 9.73 Å². The first-order valence-electron chi connectivity index (χ1n) is 9.27. The Hall–Kier alpha value is -3.41. The van der Waals surface area contributed by atoms with Crippen molar-refractivity contribution in [1.29, 1.82) is 4.78 Å². The molecule has 154 valence electrons. The third-order valence-corrected chi connectivity index (χ3v) is 5.25. The number of hydrogen-bond acceptors (Lipinski definition) is 7. The van der Waals surface area contributed by atoms with E-state index in [9.17, 15) is 9.32 Å². The van der Waals surface area contributed by atoms with E-state index < -0.39 is 9.73 Å². The van der Waals surface area contributed by atoms with Gasteiger partial charge in [-0.15, -0.1) is 0 Å². The highest BCUT2D eigenvalue weighted by Crippen LogP contribution is 2.21. The fraction of sp³-hybridized carbons (Fsp3) is 0.182. The first kappa shape index (κ1) is 21.3. The van der Waals surface area contributed by atoms with Crippen molar-refractivity contribution in [3.05, 3.63) is 71.9 Å². The van der Waals surface area contributed by atoms with Gasteiger partial charge in [0, 0.05) is 28.4 Å². The van der Waals surface area contributed by atoms with E-state index in [1.54, 1.807) is 30.5 Å². The van der Waals surface area contributed by atoms with Crippen molar-refractivity contribution in [2.24, 2.45) is 0 Å². The van der Waals surface area contributed by atoms with Gasteiger partial charge in [0.15, 0.2) is 0 Å². The molecule has 0 aliphatic rings. The quantitative estimate of drug-likeness (QED) is 0.454. The summed E-state index contributed by atoms with van der Waals surface area (Å²) < 4.78 is 19.7. The summed E-state index contributed by atoms with van der Waals surface area (Å²) in [5.74, 6) is 6.96. The maximum absolute atomic E-state index is 12.0. The molecule has 0 aliphatic carbocycles. The van der Waals surface area contributed by atoms with Gasteiger partial charge < -0.3 is 15.7 Å². The van der Waals surface area contributed by atoms with Gasteiger partial charge in [-0.1, -0.05) is 36.1 Å². The van der Waals surface area contributed by atoms with E-state index in [2.05, 4.69) is 32.4 Å². The lowest BCUT2D eigenvalue weighted by Gasteiger charge is -2.14. The summed E-state index contributed by atoms with van der Waals surface area (Å²) in [6, 6.07) is 16.2. The summed E-state index contributed by atoms with van der Waals surface area (Å²) in [4.78, 5) is 9.24. The summed E-state index contributed by atoms with van der Waals surface area (Å²) in [6.07, 6.45) is 2.98. The maximum atomic E-state index is 12.0. The molecule has 0 aliphatic heterocycles. The Bertz CT molecular complexity index is 1180. The summed E-state index contributed by atoms with van der Waals surface area (Å²) >= 11 is 0. The van der Waals surface area contributed by atoms with Crippen LogP contribution in [0.5, 0.6) is 0 Å². The molecule has 0 saturated carbocycles. The molecule has 2 aromatic carbocycles. The SMILES string of the molecule is C[C@H](CO)Nc1nc(Nc2cccc(S(C)(=N)=O)c2)ncc1C#Cc1ccccc1. The van der Waals surface area contributed by atoms with Crippen LogP contribution in [0.15, 0.2) is 65.7 Å². The van der Waals surface area contributed by atoms with Gasteiger partial charge in [-0.05, 0) is 37.3 Å². The summed E-state index contributed by atoms with van der Waals surface area (Å²) in [5.41, 5.74) is 2.09. The lowest BCUT2D eigenvalue weighted by atomic mass is 10.2. The molecular formula is C22H23N5O2S. The van der Waals surface area contributed by atoms with Gasteiger partial charge in [0.25, 0.3) is 0 Å². The predicted molar refractivity (Wildman–Crippen MR) is 119 cm³/mol. The number of nitrogens with one attached hydrogen (secondary N) is 3. The van der Waals surface area contributed by atoms with Crippen molar-refractivity contribution in [3.63, 3.8) is 0 Å². The summed E-state index contributed by atoms with van der Waals surface area (Å²) in [5, 5.41) is 15.6. The van der Waals surface area contributed by atoms with Gasteiger partial charge in [0.1, 0.15) is 5.82 Å². The van der Waals surface area contributed by atoms with Crippen LogP contribution in [0.3, 0.4) is 0 Å². The van der Waals surface area contributed by atoms with Crippen molar-refractivity contribution in [3.8, 4) is 11.8 Å². The average molecular weight is 422 g/mol. The van der Waals surface area contributed by atoms with E-state index in [0.717, 1.165) is 5.56 Å². The Morgan fingerprint density at radius 1 is 1.17 bits per heavy atom. The number of anilines is 3.